The summed E-state index contributed by atoms with van der Waals surface area (Å²) in [5.41, 5.74) is 3.59. The highest BCUT2D eigenvalue weighted by molar-refractivity contribution is 6.02. The van der Waals surface area contributed by atoms with Crippen molar-refractivity contribution in [3.8, 4) is 17.2 Å². The number of pyridine rings is 3. The number of amides is 2. The van der Waals surface area contributed by atoms with Crippen molar-refractivity contribution in [1.29, 1.82) is 5.26 Å². The Morgan fingerprint density at radius 2 is 2.15 bits per heavy atom. The standard InChI is InChI=1S/C24H23N7O3/c1-34-10-8-27-20-12-22(28-14-18(20)13-25)30-24(33)31-9-2-3-17-11-19(16-4-6-26-7-5-16)21(15-32)29-23(17)31/h4-7,11-12,14-15H,2-3,8-10H2,1H3,(H2,27,28,30,33). The van der Waals surface area contributed by atoms with E-state index in [0.29, 0.717) is 54.4 Å². The van der Waals surface area contributed by atoms with Crippen molar-refractivity contribution < 1.29 is 14.3 Å². The number of fused-ring (bicyclic) bond motifs is 1. The summed E-state index contributed by atoms with van der Waals surface area (Å²) in [4.78, 5) is 39.2. The number of ether oxygens (including phenoxy) is 1. The largest absolute Gasteiger partial charge is 0.383 e. The first-order chi connectivity index (χ1) is 16.6. The molecule has 0 spiro atoms. The first kappa shape index (κ1) is 22.8. The van der Waals surface area contributed by atoms with Crippen LogP contribution in [-0.2, 0) is 11.2 Å². The van der Waals surface area contributed by atoms with Gasteiger partial charge < -0.3 is 10.1 Å². The molecule has 0 fully saturated rings. The minimum Gasteiger partial charge on any atom is -0.383 e. The maximum absolute atomic E-state index is 13.1. The number of methoxy groups -OCH3 is 1. The Morgan fingerprint density at radius 1 is 1.32 bits per heavy atom. The predicted molar refractivity (Wildman–Crippen MR) is 127 cm³/mol. The zero-order valence-corrected chi connectivity index (χ0v) is 18.6. The topological polar surface area (TPSA) is 133 Å². The molecule has 0 saturated carbocycles. The molecule has 0 atom stereocenters. The minimum absolute atomic E-state index is 0.255. The number of nitrogens with one attached hydrogen (secondary N) is 2. The number of nitrogens with zero attached hydrogens (tertiary/aromatic N) is 5. The van der Waals surface area contributed by atoms with Gasteiger partial charge in [-0.1, -0.05) is 0 Å². The minimum atomic E-state index is -0.415. The van der Waals surface area contributed by atoms with Crippen LogP contribution >= 0.6 is 0 Å². The Bertz CT molecular complexity index is 1240. The van der Waals surface area contributed by atoms with E-state index < -0.39 is 6.03 Å². The van der Waals surface area contributed by atoms with E-state index in [1.807, 2.05) is 18.2 Å². The van der Waals surface area contributed by atoms with Crippen LogP contribution in [0.25, 0.3) is 11.1 Å². The van der Waals surface area contributed by atoms with Gasteiger partial charge in [0.1, 0.15) is 23.4 Å². The van der Waals surface area contributed by atoms with Gasteiger partial charge in [-0.25, -0.2) is 14.8 Å². The molecule has 2 amide bonds. The smallest absolute Gasteiger partial charge is 0.328 e. The molecule has 4 rings (SSSR count). The number of aryl methyl sites for hydroxylation is 1. The van der Waals surface area contributed by atoms with Crippen LogP contribution in [0.1, 0.15) is 28.0 Å². The van der Waals surface area contributed by atoms with Gasteiger partial charge in [0, 0.05) is 50.4 Å². The van der Waals surface area contributed by atoms with E-state index in [1.54, 1.807) is 25.6 Å². The normalized spacial score (nSPS) is 12.4. The van der Waals surface area contributed by atoms with Crippen LogP contribution in [0.2, 0.25) is 0 Å². The summed E-state index contributed by atoms with van der Waals surface area (Å²) >= 11 is 0. The lowest BCUT2D eigenvalue weighted by Crippen LogP contribution is -2.39. The van der Waals surface area contributed by atoms with Crippen molar-refractivity contribution in [3.05, 3.63) is 59.7 Å². The Hall–Kier alpha value is -4.36. The molecule has 0 aliphatic carbocycles. The fraction of sp³-hybridized carbons (Fsp3) is 0.250. The van der Waals surface area contributed by atoms with Crippen LogP contribution in [0.5, 0.6) is 0 Å². The third kappa shape index (κ3) is 4.84. The van der Waals surface area contributed by atoms with Gasteiger partial charge in [0.15, 0.2) is 6.29 Å². The van der Waals surface area contributed by atoms with Gasteiger partial charge in [0.05, 0.1) is 17.9 Å². The number of nitriles is 1. The maximum atomic E-state index is 13.1. The van der Waals surface area contributed by atoms with Crippen molar-refractivity contribution in [3.63, 3.8) is 0 Å². The number of carbonyl (C=O) groups is 2. The van der Waals surface area contributed by atoms with Crippen molar-refractivity contribution in [2.24, 2.45) is 0 Å². The highest BCUT2D eigenvalue weighted by atomic mass is 16.5. The van der Waals surface area contributed by atoms with E-state index in [9.17, 15) is 14.9 Å². The van der Waals surface area contributed by atoms with Crippen LogP contribution in [0.15, 0.2) is 42.9 Å². The van der Waals surface area contributed by atoms with E-state index in [4.69, 9.17) is 4.74 Å². The first-order valence-electron chi connectivity index (χ1n) is 10.8. The molecule has 1 aliphatic heterocycles. The van der Waals surface area contributed by atoms with Gasteiger partial charge in [-0.3, -0.25) is 20.0 Å². The lowest BCUT2D eigenvalue weighted by molar-refractivity contribution is 0.111. The molecule has 172 valence electrons. The Balaban J connectivity index is 1.60. The van der Waals surface area contributed by atoms with Crippen molar-refractivity contribution in [2.75, 3.05) is 42.3 Å². The Morgan fingerprint density at radius 3 is 2.88 bits per heavy atom. The Labute approximate surface area is 196 Å². The van der Waals surface area contributed by atoms with Gasteiger partial charge in [-0.2, -0.15) is 5.26 Å². The molecule has 1 aliphatic rings. The predicted octanol–water partition coefficient (Wildman–Crippen LogP) is 3.27. The van der Waals surface area contributed by atoms with E-state index in [2.05, 4.69) is 31.7 Å². The molecule has 3 aromatic rings. The van der Waals surface area contributed by atoms with Gasteiger partial charge in [0.25, 0.3) is 0 Å². The van der Waals surface area contributed by atoms with Gasteiger partial charge >= 0.3 is 6.03 Å². The second-order valence-corrected chi connectivity index (χ2v) is 7.59. The lowest BCUT2D eigenvalue weighted by atomic mass is 9.98. The number of hydrogen-bond acceptors (Lipinski definition) is 8. The highest BCUT2D eigenvalue weighted by Crippen LogP contribution is 2.32. The second kappa shape index (κ2) is 10.5. The molecular formula is C24H23N7O3. The molecule has 2 N–H and O–H groups in total. The third-order valence-electron chi connectivity index (χ3n) is 5.42. The van der Waals surface area contributed by atoms with Gasteiger partial charge in [0.2, 0.25) is 0 Å². The van der Waals surface area contributed by atoms with Crippen LogP contribution in [0.3, 0.4) is 0 Å². The van der Waals surface area contributed by atoms with Crippen LogP contribution in [-0.4, -0.2) is 54.1 Å². The molecule has 0 saturated heterocycles. The summed E-state index contributed by atoms with van der Waals surface area (Å²) in [5.74, 6) is 0.746. The monoisotopic (exact) mass is 457 g/mol. The summed E-state index contributed by atoms with van der Waals surface area (Å²) in [5, 5.41) is 15.2. The van der Waals surface area contributed by atoms with Gasteiger partial charge in [-0.15, -0.1) is 0 Å². The second-order valence-electron chi connectivity index (χ2n) is 7.59. The van der Waals surface area contributed by atoms with E-state index in [-0.39, 0.29) is 5.69 Å². The van der Waals surface area contributed by atoms with Crippen LogP contribution in [0, 0.1) is 11.3 Å². The average molecular weight is 457 g/mol. The zero-order chi connectivity index (χ0) is 23.9. The Kier molecular flexibility index (Phi) is 7.05. The molecule has 0 unspecified atom stereocenters. The summed E-state index contributed by atoms with van der Waals surface area (Å²) < 4.78 is 5.03. The van der Waals surface area contributed by atoms with Crippen molar-refractivity contribution >= 4 is 29.6 Å². The third-order valence-corrected chi connectivity index (χ3v) is 5.42. The van der Waals surface area contributed by atoms with Crippen molar-refractivity contribution in [2.45, 2.75) is 12.8 Å². The first-order valence-corrected chi connectivity index (χ1v) is 10.8. The van der Waals surface area contributed by atoms with Gasteiger partial charge in [-0.05, 0) is 42.2 Å². The van der Waals surface area contributed by atoms with Crippen LogP contribution < -0.4 is 15.5 Å². The quantitative estimate of drug-likeness (QED) is 0.408. The highest BCUT2D eigenvalue weighted by Gasteiger charge is 2.26. The average Bonchev–Trinajstić information content (AvgIpc) is 2.88. The summed E-state index contributed by atoms with van der Waals surface area (Å²) in [7, 11) is 1.59. The molecule has 0 radical (unpaired) electrons. The van der Waals surface area contributed by atoms with Crippen molar-refractivity contribution in [1.82, 2.24) is 15.0 Å². The lowest BCUT2D eigenvalue weighted by Gasteiger charge is -2.29. The number of aromatic nitrogens is 3. The molecule has 4 heterocycles. The molecule has 10 heteroatoms. The summed E-state index contributed by atoms with van der Waals surface area (Å²) in [6.45, 7) is 1.42. The fourth-order valence-electron chi connectivity index (χ4n) is 3.78. The zero-order valence-electron chi connectivity index (χ0n) is 18.6. The number of urea groups is 1. The SMILES string of the molecule is COCCNc1cc(NC(=O)N2CCCc3cc(-c4ccncc4)c(C=O)nc32)ncc1C#N. The molecule has 10 nitrogen and oxygen atoms in total. The van der Waals surface area contributed by atoms with Crippen LogP contribution in [0.4, 0.5) is 22.1 Å². The molecule has 0 bridgehead atoms. The summed E-state index contributed by atoms with van der Waals surface area (Å²) in [6.07, 6.45) is 6.91. The number of carbonyl (C=O) groups excluding carboxylic acids is 2. The number of aldehydes is 1. The summed E-state index contributed by atoms with van der Waals surface area (Å²) in [6, 6.07) is 8.82. The maximum Gasteiger partial charge on any atom is 0.328 e. The van der Waals surface area contributed by atoms with E-state index in [0.717, 1.165) is 24.0 Å². The number of anilines is 3. The van der Waals surface area contributed by atoms with E-state index in [1.165, 1.54) is 11.1 Å². The molecular weight excluding hydrogens is 434 g/mol. The molecule has 0 aromatic carbocycles. The number of hydrogen-bond donors (Lipinski definition) is 2. The molecule has 34 heavy (non-hydrogen) atoms. The molecule has 3 aromatic heterocycles. The van der Waals surface area contributed by atoms with E-state index >= 15 is 0 Å². The number of rotatable bonds is 7. The fourth-order valence-corrected chi connectivity index (χ4v) is 3.78.